The molecule has 90 valence electrons. The first-order valence-electron chi connectivity index (χ1n) is 5.67. The topological polar surface area (TPSA) is 29.5 Å². The van der Waals surface area contributed by atoms with E-state index in [-0.39, 0.29) is 0 Å². The predicted molar refractivity (Wildman–Crippen MR) is 70.7 cm³/mol. The molecule has 0 fully saturated rings. The number of thiophene rings is 1. The molecule has 1 aromatic heterocycles. The van der Waals surface area contributed by atoms with Crippen molar-refractivity contribution in [2.75, 3.05) is 6.61 Å². The number of aliphatic hydroxyl groups is 1. The highest BCUT2D eigenvalue weighted by molar-refractivity contribution is 7.10. The van der Waals surface area contributed by atoms with E-state index in [9.17, 15) is 5.11 Å². The van der Waals surface area contributed by atoms with Gasteiger partial charge in [0.25, 0.3) is 0 Å². The third kappa shape index (κ3) is 2.68. The molecule has 0 bridgehead atoms. The summed E-state index contributed by atoms with van der Waals surface area (Å²) >= 11 is 1.55. The van der Waals surface area contributed by atoms with E-state index in [4.69, 9.17) is 4.74 Å². The highest BCUT2D eigenvalue weighted by Gasteiger charge is 2.16. The summed E-state index contributed by atoms with van der Waals surface area (Å²) in [5.74, 6) is 0.763. The van der Waals surface area contributed by atoms with E-state index in [2.05, 4.69) is 0 Å². The van der Waals surface area contributed by atoms with E-state index < -0.39 is 6.10 Å². The number of benzene rings is 1. The maximum atomic E-state index is 10.3. The molecule has 17 heavy (non-hydrogen) atoms. The Labute approximate surface area is 105 Å². The van der Waals surface area contributed by atoms with Crippen LogP contribution in [0.15, 0.2) is 35.7 Å². The minimum Gasteiger partial charge on any atom is -0.493 e. The summed E-state index contributed by atoms with van der Waals surface area (Å²) in [7, 11) is 0. The molecule has 1 N–H and O–H groups in total. The van der Waals surface area contributed by atoms with Gasteiger partial charge in [0.2, 0.25) is 0 Å². The van der Waals surface area contributed by atoms with Crippen LogP contribution in [0.2, 0.25) is 0 Å². The van der Waals surface area contributed by atoms with Gasteiger partial charge in [0.15, 0.2) is 0 Å². The number of ether oxygens (including phenoxy) is 1. The van der Waals surface area contributed by atoms with Crippen molar-refractivity contribution in [2.45, 2.75) is 20.0 Å². The van der Waals surface area contributed by atoms with Gasteiger partial charge in [-0.05, 0) is 37.4 Å². The lowest BCUT2D eigenvalue weighted by Gasteiger charge is -2.15. The molecule has 1 aromatic carbocycles. The molecule has 2 nitrogen and oxygen atoms in total. The highest BCUT2D eigenvalue weighted by atomic mass is 32.1. The van der Waals surface area contributed by atoms with Crippen molar-refractivity contribution >= 4 is 11.3 Å². The van der Waals surface area contributed by atoms with Crippen LogP contribution >= 0.6 is 11.3 Å². The summed E-state index contributed by atoms with van der Waals surface area (Å²) < 4.78 is 5.56. The van der Waals surface area contributed by atoms with Gasteiger partial charge in [-0.3, -0.25) is 0 Å². The van der Waals surface area contributed by atoms with Gasteiger partial charge in [0.05, 0.1) is 6.61 Å². The summed E-state index contributed by atoms with van der Waals surface area (Å²) in [5, 5.41) is 12.3. The van der Waals surface area contributed by atoms with Crippen molar-refractivity contribution < 1.29 is 9.84 Å². The fourth-order valence-electron chi connectivity index (χ4n) is 1.77. The Kier molecular flexibility index (Phi) is 3.82. The van der Waals surface area contributed by atoms with E-state index in [0.717, 1.165) is 21.8 Å². The Hall–Kier alpha value is -1.32. The molecule has 2 rings (SSSR count). The first kappa shape index (κ1) is 12.1. The maximum absolute atomic E-state index is 10.3. The fraction of sp³-hybridized carbons (Fsp3) is 0.286. The monoisotopic (exact) mass is 248 g/mol. The van der Waals surface area contributed by atoms with E-state index in [0.29, 0.717) is 6.61 Å². The number of hydrogen-bond acceptors (Lipinski definition) is 3. The average molecular weight is 248 g/mol. The summed E-state index contributed by atoms with van der Waals surface area (Å²) in [6, 6.07) is 9.78. The number of hydrogen-bond donors (Lipinski definition) is 1. The Morgan fingerprint density at radius 2 is 2.18 bits per heavy atom. The lowest BCUT2D eigenvalue weighted by Crippen LogP contribution is -2.03. The van der Waals surface area contributed by atoms with Crippen LogP contribution in [0.5, 0.6) is 5.75 Å². The van der Waals surface area contributed by atoms with Crippen LogP contribution in [0.3, 0.4) is 0 Å². The summed E-state index contributed by atoms with van der Waals surface area (Å²) in [5.41, 5.74) is 1.97. The first-order valence-corrected chi connectivity index (χ1v) is 6.55. The average Bonchev–Trinajstić information content (AvgIpc) is 2.84. The Bertz CT molecular complexity index is 477. The Morgan fingerprint density at radius 3 is 2.82 bits per heavy atom. The fourth-order valence-corrected chi connectivity index (χ4v) is 2.50. The second-order valence-corrected chi connectivity index (χ2v) is 4.87. The molecule has 0 saturated heterocycles. The molecule has 0 aliphatic heterocycles. The molecule has 1 atom stereocenters. The summed E-state index contributed by atoms with van der Waals surface area (Å²) in [6.07, 6.45) is -0.601. The molecule has 0 saturated carbocycles. The molecule has 0 aliphatic carbocycles. The number of rotatable bonds is 4. The zero-order chi connectivity index (χ0) is 12.3. The Morgan fingerprint density at radius 1 is 1.35 bits per heavy atom. The van der Waals surface area contributed by atoms with Gasteiger partial charge in [0.1, 0.15) is 11.9 Å². The van der Waals surface area contributed by atoms with Crippen molar-refractivity contribution in [1.29, 1.82) is 0 Å². The third-order valence-corrected chi connectivity index (χ3v) is 3.50. The van der Waals surface area contributed by atoms with Crippen molar-refractivity contribution in [2.24, 2.45) is 0 Å². The van der Waals surface area contributed by atoms with Gasteiger partial charge in [-0.1, -0.05) is 17.7 Å². The van der Waals surface area contributed by atoms with Crippen molar-refractivity contribution in [1.82, 2.24) is 0 Å². The molecule has 1 heterocycles. The smallest absolute Gasteiger partial charge is 0.125 e. The quantitative estimate of drug-likeness (QED) is 0.896. The van der Waals surface area contributed by atoms with Crippen molar-refractivity contribution in [3.63, 3.8) is 0 Å². The van der Waals surface area contributed by atoms with Gasteiger partial charge in [-0.2, -0.15) is 0 Å². The van der Waals surface area contributed by atoms with Gasteiger partial charge in [-0.25, -0.2) is 0 Å². The van der Waals surface area contributed by atoms with E-state index in [1.54, 1.807) is 11.3 Å². The molecule has 2 aromatic rings. The van der Waals surface area contributed by atoms with Gasteiger partial charge in [-0.15, -0.1) is 11.3 Å². The van der Waals surface area contributed by atoms with Crippen LogP contribution in [0.4, 0.5) is 0 Å². The molecular formula is C14H16O2S. The standard InChI is InChI=1S/C14H16O2S/c1-3-16-12-7-6-10(2)9-11(12)14(15)13-5-4-8-17-13/h4-9,14-15H,3H2,1-2H3. The second kappa shape index (κ2) is 5.34. The second-order valence-electron chi connectivity index (χ2n) is 3.89. The first-order chi connectivity index (χ1) is 8.22. The Balaban J connectivity index is 2.38. The zero-order valence-electron chi connectivity index (χ0n) is 10.0. The van der Waals surface area contributed by atoms with Gasteiger partial charge in [0, 0.05) is 10.4 Å². The predicted octanol–water partition coefficient (Wildman–Crippen LogP) is 3.54. The van der Waals surface area contributed by atoms with Crippen LogP contribution < -0.4 is 4.74 Å². The highest BCUT2D eigenvalue weighted by Crippen LogP contribution is 2.32. The molecule has 0 radical (unpaired) electrons. The molecular weight excluding hydrogens is 232 g/mol. The largest absolute Gasteiger partial charge is 0.493 e. The minimum absolute atomic E-state index is 0.601. The molecule has 1 unspecified atom stereocenters. The van der Waals surface area contributed by atoms with Crippen molar-refractivity contribution in [3.8, 4) is 5.75 Å². The normalized spacial score (nSPS) is 12.4. The van der Waals surface area contributed by atoms with Crippen LogP contribution in [0.25, 0.3) is 0 Å². The summed E-state index contributed by atoms with van der Waals surface area (Å²) in [4.78, 5) is 0.941. The third-order valence-electron chi connectivity index (χ3n) is 2.57. The van der Waals surface area contributed by atoms with Crippen LogP contribution in [0.1, 0.15) is 29.0 Å². The maximum Gasteiger partial charge on any atom is 0.125 e. The SMILES string of the molecule is CCOc1ccc(C)cc1C(O)c1cccs1. The number of aryl methyl sites for hydroxylation is 1. The van der Waals surface area contributed by atoms with Crippen LogP contribution in [0, 0.1) is 6.92 Å². The van der Waals surface area contributed by atoms with Crippen molar-refractivity contribution in [3.05, 3.63) is 51.7 Å². The van der Waals surface area contributed by atoms with Gasteiger partial charge < -0.3 is 9.84 Å². The van der Waals surface area contributed by atoms with E-state index >= 15 is 0 Å². The summed E-state index contributed by atoms with van der Waals surface area (Å²) in [6.45, 7) is 4.56. The van der Waals surface area contributed by atoms with Crippen LogP contribution in [-0.4, -0.2) is 11.7 Å². The van der Waals surface area contributed by atoms with E-state index in [1.165, 1.54) is 0 Å². The zero-order valence-corrected chi connectivity index (χ0v) is 10.8. The molecule has 0 aliphatic rings. The molecule has 0 spiro atoms. The molecule has 3 heteroatoms. The number of aliphatic hydroxyl groups excluding tert-OH is 1. The van der Waals surface area contributed by atoms with E-state index in [1.807, 2.05) is 49.6 Å². The molecule has 0 amide bonds. The lowest BCUT2D eigenvalue weighted by atomic mass is 10.0. The van der Waals surface area contributed by atoms with Gasteiger partial charge >= 0.3 is 0 Å². The lowest BCUT2D eigenvalue weighted by molar-refractivity contribution is 0.215. The van der Waals surface area contributed by atoms with Crippen LogP contribution in [-0.2, 0) is 0 Å². The minimum atomic E-state index is -0.601.